The second kappa shape index (κ2) is 9.52. The number of aliphatic imine (C=N–C) groups is 1. The van der Waals surface area contributed by atoms with Crippen LogP contribution in [0.2, 0.25) is 0 Å². The maximum absolute atomic E-state index is 13.2. The van der Waals surface area contributed by atoms with Gasteiger partial charge in [0.1, 0.15) is 0 Å². The first-order valence-corrected chi connectivity index (χ1v) is 12.6. The van der Waals surface area contributed by atoms with Gasteiger partial charge < -0.3 is 4.74 Å². The normalized spacial score (nSPS) is 20.2. The first-order chi connectivity index (χ1) is 15.0. The predicted molar refractivity (Wildman–Crippen MR) is 122 cm³/mol. The monoisotopic (exact) mass is 459 g/mol. The van der Waals surface area contributed by atoms with Gasteiger partial charge in [-0.3, -0.25) is 14.7 Å². The Labute approximate surface area is 187 Å². The molecule has 164 valence electrons. The maximum atomic E-state index is 13.2. The summed E-state index contributed by atoms with van der Waals surface area (Å²) in [4.78, 5) is 19.8. The average Bonchev–Trinajstić information content (AvgIpc) is 3.28. The van der Waals surface area contributed by atoms with E-state index >= 15 is 0 Å². The largest absolute Gasteiger partial charge is 0.379 e. The van der Waals surface area contributed by atoms with E-state index in [2.05, 4.69) is 0 Å². The summed E-state index contributed by atoms with van der Waals surface area (Å²) in [6, 6.07) is 16.1. The highest BCUT2D eigenvalue weighted by atomic mass is 32.2. The van der Waals surface area contributed by atoms with E-state index in [0.29, 0.717) is 43.6 Å². The summed E-state index contributed by atoms with van der Waals surface area (Å²) < 4.78 is 32.6. The Kier molecular flexibility index (Phi) is 6.76. The number of hydrogen-bond acceptors (Lipinski definition) is 6. The number of carbonyl (C=O) groups excluding carboxylic acids is 1. The smallest absolute Gasteiger partial charge is 0.259 e. The van der Waals surface area contributed by atoms with Crippen molar-refractivity contribution in [2.45, 2.75) is 17.9 Å². The molecule has 0 saturated carbocycles. The number of nitrogens with zero attached hydrogens (tertiary/aromatic N) is 3. The summed E-state index contributed by atoms with van der Waals surface area (Å²) in [6.07, 6.45) is 0. The molecule has 0 bridgehead atoms. The van der Waals surface area contributed by atoms with Crippen molar-refractivity contribution in [2.24, 2.45) is 4.99 Å². The van der Waals surface area contributed by atoms with E-state index in [-0.39, 0.29) is 16.8 Å². The van der Waals surface area contributed by atoms with Gasteiger partial charge in [-0.2, -0.15) is 4.31 Å². The Hall–Kier alpha value is -2.20. The first-order valence-electron chi connectivity index (χ1n) is 10.2. The van der Waals surface area contributed by atoms with Crippen LogP contribution in [0.4, 0.5) is 0 Å². The number of hydrogen-bond donors (Lipinski definition) is 0. The lowest BCUT2D eigenvalue weighted by molar-refractivity contribution is 0.0730. The zero-order chi connectivity index (χ0) is 21.8. The van der Waals surface area contributed by atoms with Gasteiger partial charge in [0, 0.05) is 31.0 Å². The highest BCUT2D eigenvalue weighted by molar-refractivity contribution is 8.14. The molecular formula is C22H25N3O4S2. The molecule has 2 fully saturated rings. The van der Waals surface area contributed by atoms with Crippen molar-refractivity contribution < 1.29 is 17.9 Å². The fourth-order valence-electron chi connectivity index (χ4n) is 3.55. The van der Waals surface area contributed by atoms with E-state index in [0.717, 1.165) is 11.3 Å². The molecule has 0 spiro atoms. The van der Waals surface area contributed by atoms with Crippen LogP contribution in [0.15, 0.2) is 64.5 Å². The van der Waals surface area contributed by atoms with Crippen molar-refractivity contribution >= 4 is 32.9 Å². The van der Waals surface area contributed by atoms with Gasteiger partial charge >= 0.3 is 0 Å². The summed E-state index contributed by atoms with van der Waals surface area (Å²) in [7, 11) is -3.66. The minimum absolute atomic E-state index is 0.0786. The standard InChI is InChI=1S/C22H25N3O4S2/c1-17(18-6-3-2-4-7-18)23-22-25(12-15-30-22)21(26)19-8-5-9-20(16-19)31(27,28)24-10-13-29-14-11-24/h2-9,16-17H,10-15H2,1H3/t17-/m1/s1. The van der Waals surface area contributed by atoms with Gasteiger partial charge in [0.05, 0.1) is 24.2 Å². The lowest BCUT2D eigenvalue weighted by Crippen LogP contribution is -2.40. The number of amides is 1. The minimum Gasteiger partial charge on any atom is -0.379 e. The Morgan fingerprint density at radius 1 is 1.06 bits per heavy atom. The molecule has 2 aromatic rings. The average molecular weight is 460 g/mol. The van der Waals surface area contributed by atoms with Gasteiger partial charge in [0.15, 0.2) is 5.17 Å². The van der Waals surface area contributed by atoms with Crippen molar-refractivity contribution in [3.63, 3.8) is 0 Å². The van der Waals surface area contributed by atoms with Crippen LogP contribution in [0.25, 0.3) is 0 Å². The van der Waals surface area contributed by atoms with Crippen LogP contribution in [0, 0.1) is 0 Å². The third-order valence-corrected chi connectivity index (χ3v) is 8.16. The van der Waals surface area contributed by atoms with Crippen LogP contribution in [0.1, 0.15) is 28.9 Å². The van der Waals surface area contributed by atoms with Gasteiger partial charge in [0.2, 0.25) is 10.0 Å². The molecule has 31 heavy (non-hydrogen) atoms. The van der Waals surface area contributed by atoms with Gasteiger partial charge in [-0.25, -0.2) is 8.42 Å². The number of rotatable bonds is 5. The fraction of sp³-hybridized carbons (Fsp3) is 0.364. The van der Waals surface area contributed by atoms with E-state index in [1.54, 1.807) is 28.8 Å². The lowest BCUT2D eigenvalue weighted by atomic mass is 10.1. The molecule has 2 aliphatic heterocycles. The number of ether oxygens (including phenoxy) is 1. The van der Waals surface area contributed by atoms with Crippen LogP contribution in [-0.2, 0) is 14.8 Å². The topological polar surface area (TPSA) is 79.3 Å². The molecule has 0 aliphatic carbocycles. The van der Waals surface area contributed by atoms with Crippen molar-refractivity contribution in [1.82, 2.24) is 9.21 Å². The Bertz CT molecular complexity index is 1070. The third kappa shape index (κ3) is 4.85. The molecule has 7 nitrogen and oxygen atoms in total. The summed E-state index contributed by atoms with van der Waals surface area (Å²) in [6.45, 7) is 3.93. The summed E-state index contributed by atoms with van der Waals surface area (Å²) in [5, 5.41) is 0.669. The molecule has 1 atom stereocenters. The van der Waals surface area contributed by atoms with Crippen molar-refractivity contribution in [2.75, 3.05) is 38.6 Å². The summed E-state index contributed by atoms with van der Waals surface area (Å²) in [5.74, 6) is 0.528. The molecule has 9 heteroatoms. The molecule has 0 N–H and O–H groups in total. The first kappa shape index (κ1) is 22.0. The van der Waals surface area contributed by atoms with Crippen LogP contribution >= 0.6 is 11.8 Å². The fourth-order valence-corrected chi connectivity index (χ4v) is 6.02. The van der Waals surface area contributed by atoms with Crippen molar-refractivity contribution in [1.29, 1.82) is 0 Å². The second-order valence-electron chi connectivity index (χ2n) is 7.35. The van der Waals surface area contributed by atoms with Crippen LogP contribution in [0.5, 0.6) is 0 Å². The summed E-state index contributed by atoms with van der Waals surface area (Å²) in [5.41, 5.74) is 1.42. The molecule has 2 aliphatic rings. The predicted octanol–water partition coefficient (Wildman–Crippen LogP) is 3.01. The minimum atomic E-state index is -3.66. The van der Waals surface area contributed by atoms with Gasteiger partial charge in [-0.05, 0) is 30.7 Å². The quantitative estimate of drug-likeness (QED) is 0.687. The SMILES string of the molecule is C[C@@H](N=C1SCCN1C(=O)c1cccc(S(=O)(=O)N2CCOCC2)c1)c1ccccc1. The van der Waals surface area contributed by atoms with Gasteiger partial charge in [-0.15, -0.1) is 0 Å². The number of thioether (sulfide) groups is 1. The third-order valence-electron chi connectivity index (χ3n) is 5.30. The molecule has 4 rings (SSSR count). The molecule has 1 amide bonds. The Balaban J connectivity index is 1.56. The van der Waals surface area contributed by atoms with E-state index in [9.17, 15) is 13.2 Å². The zero-order valence-electron chi connectivity index (χ0n) is 17.3. The molecule has 2 heterocycles. The summed E-state index contributed by atoms with van der Waals surface area (Å²) >= 11 is 1.54. The maximum Gasteiger partial charge on any atom is 0.259 e. The molecule has 0 aromatic heterocycles. The number of benzene rings is 2. The molecule has 2 aromatic carbocycles. The molecule has 0 unspecified atom stereocenters. The number of morpholine rings is 1. The van der Waals surface area contributed by atoms with Crippen molar-refractivity contribution in [3.05, 3.63) is 65.7 Å². The van der Waals surface area contributed by atoms with Gasteiger partial charge in [0.25, 0.3) is 5.91 Å². The molecular weight excluding hydrogens is 434 g/mol. The highest BCUT2D eigenvalue weighted by Crippen LogP contribution is 2.26. The van der Waals surface area contributed by atoms with Gasteiger partial charge in [-0.1, -0.05) is 48.2 Å². The van der Waals surface area contributed by atoms with Crippen molar-refractivity contribution in [3.8, 4) is 0 Å². The van der Waals surface area contributed by atoms with E-state index in [1.807, 2.05) is 37.3 Å². The number of carbonyl (C=O) groups is 1. The Morgan fingerprint density at radius 2 is 1.81 bits per heavy atom. The molecule has 2 saturated heterocycles. The number of amidine groups is 1. The van der Waals surface area contributed by atoms with Crippen LogP contribution in [-0.4, -0.2) is 67.3 Å². The zero-order valence-corrected chi connectivity index (χ0v) is 18.9. The number of sulfonamides is 1. The Morgan fingerprint density at radius 3 is 2.55 bits per heavy atom. The lowest BCUT2D eigenvalue weighted by Gasteiger charge is -2.26. The van der Waals surface area contributed by atoms with Crippen LogP contribution in [0.3, 0.4) is 0 Å². The van der Waals surface area contributed by atoms with Crippen LogP contribution < -0.4 is 0 Å². The highest BCUT2D eigenvalue weighted by Gasteiger charge is 2.30. The van der Waals surface area contributed by atoms with E-state index < -0.39 is 10.0 Å². The molecule has 0 radical (unpaired) electrons. The van der Waals surface area contributed by atoms with E-state index in [4.69, 9.17) is 9.73 Å². The van der Waals surface area contributed by atoms with E-state index in [1.165, 1.54) is 16.4 Å². The second-order valence-corrected chi connectivity index (χ2v) is 10.3.